The number of benzene rings is 8. The van der Waals surface area contributed by atoms with Crippen molar-refractivity contribution in [2.45, 2.75) is 172 Å². The largest absolute Gasteiger partial charge is 0.507 e. The average molecular weight is 1670 g/mol. The lowest BCUT2D eigenvalue weighted by molar-refractivity contribution is -0.232. The van der Waals surface area contributed by atoms with Gasteiger partial charge in [-0.3, -0.25) is 19.2 Å². The number of carbonyl (C=O) groups is 4. The highest BCUT2D eigenvalue weighted by atomic mass is 16.6. The van der Waals surface area contributed by atoms with E-state index in [4.69, 9.17) is 18.9 Å². The number of ether oxygens (including phenoxy) is 4. The van der Waals surface area contributed by atoms with Gasteiger partial charge in [0, 0.05) is 23.7 Å². The van der Waals surface area contributed by atoms with Crippen LogP contribution in [0.3, 0.4) is 0 Å². The second-order valence-electron chi connectivity index (χ2n) is 30.3. The van der Waals surface area contributed by atoms with Crippen LogP contribution in [0, 0.1) is 0 Å². The normalized spacial score (nSPS) is 30.6. The topological polar surface area (TPSA) is 672 Å². The second kappa shape index (κ2) is 35.1. The number of hydrogen-bond donors (Lipinski definition) is 28. The van der Waals surface area contributed by atoms with Gasteiger partial charge in [0.25, 0.3) is 0 Å². The van der Waals surface area contributed by atoms with Crippen LogP contribution in [0.25, 0.3) is 0 Å². The molecule has 4 saturated heterocycles. The van der Waals surface area contributed by atoms with E-state index in [1.165, 1.54) is 97.1 Å². The van der Waals surface area contributed by atoms with Crippen LogP contribution in [0.2, 0.25) is 0 Å². The van der Waals surface area contributed by atoms with Crippen LogP contribution in [-0.4, -0.2) is 315 Å². The predicted octanol–water partition coefficient (Wildman–Crippen LogP) is -3.56. The van der Waals surface area contributed by atoms with E-state index in [9.17, 15) is 162 Å². The summed E-state index contributed by atoms with van der Waals surface area (Å²) in [5.41, 5.74) is 2.43. The summed E-state index contributed by atoms with van der Waals surface area (Å²) in [7, 11) is 0. The van der Waals surface area contributed by atoms with Gasteiger partial charge in [-0.2, -0.15) is 0 Å². The SMILES string of the molecule is O=C1c2c(O)cccc2[C@H]([C@@H]2O[C@H](CO)[C@@H](O)[C@H](O)[C@H]2O)c2cc(CO)cc(O)c21.O=C1c2c(O)cccc2[C@H]([C@@H]2O[C@H](CO)[C@@H](O)[C@H](O)[C@H]2O)c2cc(CO)cc(O)c21.O=C1c2c(O)cccc2[C@H]([C@@H]2O[C@H](CO)[C@@H](O)[C@H](O)[C@H]2O)c2cc(CO)cc(O)c21.O=C1c2c(O)cccc2[C@H]([C@@H]2O[C@H](CO)[C@@H](O)[C@H](O)[C@H]2O)c2cc(CO)cc(O)c21. The molecule has 8 aliphatic rings. The van der Waals surface area contributed by atoms with Crippen LogP contribution in [-0.2, 0) is 45.4 Å². The Morgan fingerprint density at radius 1 is 0.217 bits per heavy atom. The Kier molecular flexibility index (Phi) is 25.7. The minimum Gasteiger partial charge on any atom is -0.507 e. The van der Waals surface area contributed by atoms with Gasteiger partial charge in [0.2, 0.25) is 23.1 Å². The number of aliphatic hydroxyl groups excluding tert-OH is 20. The number of rotatable bonds is 12. The Hall–Kier alpha value is -10.1. The van der Waals surface area contributed by atoms with Crippen molar-refractivity contribution >= 4 is 23.1 Å². The summed E-state index contributed by atoms with van der Waals surface area (Å²) >= 11 is 0. The van der Waals surface area contributed by atoms with E-state index in [-0.39, 0.29) is 112 Å². The molecule has 36 nitrogen and oxygen atoms in total. The molecule has 8 aromatic rings. The third-order valence-corrected chi connectivity index (χ3v) is 23.4. The summed E-state index contributed by atoms with van der Waals surface area (Å²) in [6.07, 6.45) is -28.9. The second-order valence-corrected chi connectivity index (χ2v) is 30.3. The highest BCUT2D eigenvalue weighted by molar-refractivity contribution is 6.18. The summed E-state index contributed by atoms with van der Waals surface area (Å²) in [4.78, 5) is 52.3. The van der Waals surface area contributed by atoms with E-state index in [0.717, 1.165) is 0 Å². The fourth-order valence-electron chi connectivity index (χ4n) is 17.6. The minimum absolute atomic E-state index is 0.0843. The van der Waals surface area contributed by atoms with Crippen LogP contribution in [0.1, 0.15) is 154 Å². The van der Waals surface area contributed by atoms with Crippen molar-refractivity contribution in [3.05, 3.63) is 233 Å². The Morgan fingerprint density at radius 3 is 0.558 bits per heavy atom. The molecule has 24 atom stereocenters. The van der Waals surface area contributed by atoms with Crippen molar-refractivity contribution in [1.82, 2.24) is 0 Å². The summed E-state index contributed by atoms with van der Waals surface area (Å²) in [5.74, 6) is -9.34. The summed E-state index contributed by atoms with van der Waals surface area (Å²) in [6.45, 7) is -4.23. The lowest BCUT2D eigenvalue weighted by atomic mass is 9.71. The molecule has 4 fully saturated rings. The molecule has 0 bridgehead atoms. The Labute approximate surface area is 678 Å². The van der Waals surface area contributed by atoms with E-state index in [1.54, 1.807) is 24.3 Å². The molecule has 640 valence electrons. The number of phenols is 8. The van der Waals surface area contributed by atoms with Crippen LogP contribution < -0.4 is 0 Å². The van der Waals surface area contributed by atoms with E-state index >= 15 is 0 Å². The molecule has 4 heterocycles. The zero-order valence-electron chi connectivity index (χ0n) is 62.8. The van der Waals surface area contributed by atoms with Crippen molar-refractivity contribution in [3.8, 4) is 46.0 Å². The molecular weight excluding hydrogens is 1580 g/mol. The van der Waals surface area contributed by atoms with Gasteiger partial charge in [-0.25, -0.2) is 0 Å². The Morgan fingerprint density at radius 2 is 0.392 bits per heavy atom. The minimum atomic E-state index is -1.64. The van der Waals surface area contributed by atoms with Crippen LogP contribution >= 0.6 is 0 Å². The number of carbonyl (C=O) groups excluding carboxylic acids is 4. The maximum atomic E-state index is 13.1. The van der Waals surface area contributed by atoms with Crippen molar-refractivity contribution in [2.75, 3.05) is 26.4 Å². The Bertz CT molecular complexity index is 4580. The lowest BCUT2D eigenvalue weighted by Crippen LogP contribution is -2.60. The molecule has 0 aromatic heterocycles. The van der Waals surface area contributed by atoms with Crippen LogP contribution in [0.4, 0.5) is 0 Å². The lowest BCUT2D eigenvalue weighted by Gasteiger charge is -2.45. The average Bonchev–Trinajstić information content (AvgIpc) is 0.740. The zero-order valence-corrected chi connectivity index (χ0v) is 62.8. The molecule has 0 saturated carbocycles. The van der Waals surface area contributed by atoms with Gasteiger partial charge in [-0.1, -0.05) is 72.8 Å². The molecule has 120 heavy (non-hydrogen) atoms. The molecule has 4 aliphatic heterocycles. The highest BCUT2D eigenvalue weighted by Crippen LogP contribution is 2.54. The van der Waals surface area contributed by atoms with E-state index in [0.29, 0.717) is 22.3 Å². The number of fused-ring (bicyclic) bond motifs is 8. The van der Waals surface area contributed by atoms with Gasteiger partial charge < -0.3 is 162 Å². The maximum Gasteiger partial charge on any atom is 0.201 e. The quantitative estimate of drug-likeness (QED) is 0.0563. The standard InChI is InChI=1S/4C21H22O9/c4*22-6-8-4-10-14(21-20(29)19(28)17(26)13(7-23)30-21)9-2-1-3-11(24)15(9)18(27)16(10)12(25)5-8/h4*1-5,13-14,17,19-26,28-29H,6-7H2/t4*13-,14+,17-,19+,20-,21+/m1111/s1. The van der Waals surface area contributed by atoms with E-state index in [1.807, 2.05) is 0 Å². The number of ketones is 4. The first-order valence-corrected chi connectivity index (χ1v) is 37.7. The molecule has 4 aliphatic carbocycles. The highest BCUT2D eigenvalue weighted by Gasteiger charge is 2.56. The van der Waals surface area contributed by atoms with Crippen LogP contribution in [0.5, 0.6) is 46.0 Å². The molecule has 28 N–H and O–H groups in total. The number of hydrogen-bond acceptors (Lipinski definition) is 36. The van der Waals surface area contributed by atoms with Crippen LogP contribution in [0.15, 0.2) is 121 Å². The van der Waals surface area contributed by atoms with Crippen molar-refractivity contribution < 1.29 is 181 Å². The third-order valence-electron chi connectivity index (χ3n) is 23.4. The Balaban J connectivity index is 0.000000138. The third kappa shape index (κ3) is 15.1. The van der Waals surface area contributed by atoms with Gasteiger partial charge in [0.15, 0.2) is 0 Å². The zero-order chi connectivity index (χ0) is 87.0. The molecular formula is C84H88O36. The van der Waals surface area contributed by atoms with Gasteiger partial charge in [0.1, 0.15) is 144 Å². The molecule has 0 radical (unpaired) electrons. The maximum absolute atomic E-state index is 13.1. The van der Waals surface area contributed by atoms with Crippen molar-refractivity contribution in [1.29, 1.82) is 0 Å². The number of phenolic OH excluding ortho intramolecular Hbond substituents is 8. The predicted molar refractivity (Wildman–Crippen MR) is 405 cm³/mol. The smallest absolute Gasteiger partial charge is 0.201 e. The first-order valence-electron chi connectivity index (χ1n) is 37.7. The summed E-state index contributed by atoms with van der Waals surface area (Å²) < 4.78 is 22.9. The van der Waals surface area contributed by atoms with E-state index in [2.05, 4.69) is 0 Å². The molecule has 8 aromatic carbocycles. The van der Waals surface area contributed by atoms with Gasteiger partial charge in [-0.05, 0) is 115 Å². The van der Waals surface area contributed by atoms with Gasteiger partial charge in [0.05, 0.1) is 122 Å². The summed E-state index contributed by atoms with van der Waals surface area (Å²) in [6, 6.07) is 28.3. The van der Waals surface area contributed by atoms with Gasteiger partial charge >= 0.3 is 0 Å². The first kappa shape index (κ1) is 87.7. The summed E-state index contributed by atoms with van der Waals surface area (Å²) in [5, 5.41) is 284. The molecule has 0 amide bonds. The molecule has 16 rings (SSSR count). The van der Waals surface area contributed by atoms with Crippen molar-refractivity contribution in [2.24, 2.45) is 0 Å². The van der Waals surface area contributed by atoms with Crippen molar-refractivity contribution in [3.63, 3.8) is 0 Å². The fraction of sp³-hybridized carbons (Fsp3) is 0.381. The van der Waals surface area contributed by atoms with Gasteiger partial charge in [-0.15, -0.1) is 0 Å². The fourth-order valence-corrected chi connectivity index (χ4v) is 17.6. The molecule has 36 heteroatoms. The number of aromatic hydroxyl groups is 8. The molecule has 0 unspecified atom stereocenters. The number of aliphatic hydroxyl groups is 20. The monoisotopic (exact) mass is 1670 g/mol. The molecule has 0 spiro atoms. The van der Waals surface area contributed by atoms with E-state index < -0.39 is 245 Å². The first-order chi connectivity index (χ1) is 57.2.